The fourth-order valence-corrected chi connectivity index (χ4v) is 7.00. The van der Waals surface area contributed by atoms with Crippen molar-refractivity contribution in [2.45, 2.75) is 37.8 Å². The van der Waals surface area contributed by atoms with E-state index in [9.17, 15) is 0 Å². The standard InChI is InChI=1S/C18H20BrP.B/c19-17-13-7-8-14-18(17)20(15-9-3-1-4-10-15)16-11-5-2-6-12-16;/h1,3-4,7-10,13-14,16H,2,5-6,11-12H2;/t20-;/m0./s1. The van der Waals surface area contributed by atoms with Crippen LogP contribution in [0.2, 0.25) is 0 Å². The summed E-state index contributed by atoms with van der Waals surface area (Å²) in [4.78, 5) is 0. The summed E-state index contributed by atoms with van der Waals surface area (Å²) in [7, 11) is -0.237. The van der Waals surface area contributed by atoms with E-state index in [-0.39, 0.29) is 16.3 Å². The van der Waals surface area contributed by atoms with Gasteiger partial charge < -0.3 is 0 Å². The molecule has 3 heteroatoms. The van der Waals surface area contributed by atoms with E-state index in [2.05, 4.69) is 70.5 Å². The fraction of sp³-hybridized carbons (Fsp3) is 0.333. The molecule has 0 heterocycles. The van der Waals surface area contributed by atoms with Gasteiger partial charge in [-0.15, -0.1) is 0 Å². The monoisotopic (exact) mass is 357 g/mol. The van der Waals surface area contributed by atoms with Crippen LogP contribution in [-0.2, 0) is 0 Å². The Morgan fingerprint density at radius 2 is 1.43 bits per heavy atom. The van der Waals surface area contributed by atoms with Crippen LogP contribution < -0.4 is 10.6 Å². The van der Waals surface area contributed by atoms with Crippen molar-refractivity contribution in [1.82, 2.24) is 0 Å². The quantitative estimate of drug-likeness (QED) is 0.545. The average Bonchev–Trinajstić information content (AvgIpc) is 2.52. The van der Waals surface area contributed by atoms with Gasteiger partial charge in [-0.1, -0.05) is 83.7 Å². The van der Waals surface area contributed by atoms with Gasteiger partial charge in [0.15, 0.2) is 0 Å². The van der Waals surface area contributed by atoms with Crippen molar-refractivity contribution in [3.05, 3.63) is 59.1 Å². The van der Waals surface area contributed by atoms with Crippen molar-refractivity contribution in [2.75, 3.05) is 0 Å². The summed E-state index contributed by atoms with van der Waals surface area (Å²) in [5, 5.41) is 3.04. The number of halogens is 1. The molecule has 0 spiro atoms. The Bertz CT molecular complexity index is 552. The molecule has 1 saturated carbocycles. The minimum Gasteiger partial charge on any atom is -0.0622 e. The zero-order chi connectivity index (χ0) is 13.8. The van der Waals surface area contributed by atoms with Crippen LogP contribution in [0.4, 0.5) is 0 Å². The summed E-state index contributed by atoms with van der Waals surface area (Å²) in [5.74, 6) is 0. The van der Waals surface area contributed by atoms with Crippen molar-refractivity contribution in [1.29, 1.82) is 0 Å². The molecule has 0 N–H and O–H groups in total. The number of hydrogen-bond acceptors (Lipinski definition) is 0. The summed E-state index contributed by atoms with van der Waals surface area (Å²) in [5.41, 5.74) is 0.847. The van der Waals surface area contributed by atoms with Crippen LogP contribution >= 0.6 is 23.9 Å². The van der Waals surface area contributed by atoms with Gasteiger partial charge in [-0.25, -0.2) is 0 Å². The highest BCUT2D eigenvalue weighted by Crippen LogP contribution is 2.47. The molecule has 2 aromatic rings. The molecule has 1 aliphatic carbocycles. The second kappa shape index (κ2) is 8.15. The van der Waals surface area contributed by atoms with Gasteiger partial charge >= 0.3 is 0 Å². The Morgan fingerprint density at radius 3 is 2.10 bits per heavy atom. The maximum atomic E-state index is 3.78. The molecule has 0 saturated heterocycles. The number of rotatable bonds is 3. The third-order valence-electron chi connectivity index (χ3n) is 4.09. The van der Waals surface area contributed by atoms with Gasteiger partial charge in [0, 0.05) is 12.9 Å². The predicted octanol–water partition coefficient (Wildman–Crippen LogP) is 4.83. The lowest BCUT2D eigenvalue weighted by Gasteiger charge is -2.32. The molecule has 0 aliphatic heterocycles. The van der Waals surface area contributed by atoms with Crippen molar-refractivity contribution in [2.24, 2.45) is 0 Å². The zero-order valence-electron chi connectivity index (χ0n) is 12.2. The minimum absolute atomic E-state index is 0. The Kier molecular flexibility index (Phi) is 6.52. The Hall–Kier alpha value is -0.585. The van der Waals surface area contributed by atoms with E-state index in [4.69, 9.17) is 0 Å². The van der Waals surface area contributed by atoms with Crippen molar-refractivity contribution in [3.8, 4) is 0 Å². The van der Waals surface area contributed by atoms with Crippen LogP contribution in [-0.4, -0.2) is 14.1 Å². The summed E-state index contributed by atoms with van der Waals surface area (Å²) in [6, 6.07) is 19.9. The van der Waals surface area contributed by atoms with E-state index in [1.807, 2.05) is 0 Å². The fourth-order valence-electron chi connectivity index (χ4n) is 3.12. The van der Waals surface area contributed by atoms with Crippen molar-refractivity contribution in [3.63, 3.8) is 0 Å². The SMILES string of the molecule is Brc1ccccc1[P@@](c1ccccc1)C1CCCCC1.[B]. The second-order valence-electron chi connectivity index (χ2n) is 5.45. The summed E-state index contributed by atoms with van der Waals surface area (Å²) in [6.07, 6.45) is 7.01. The van der Waals surface area contributed by atoms with E-state index in [0.29, 0.717) is 0 Å². The van der Waals surface area contributed by atoms with Crippen molar-refractivity contribution >= 4 is 42.9 Å². The summed E-state index contributed by atoms with van der Waals surface area (Å²) >= 11 is 3.78. The average molecular weight is 358 g/mol. The molecule has 0 aromatic heterocycles. The molecule has 107 valence electrons. The summed E-state index contributed by atoms with van der Waals surface area (Å²) in [6.45, 7) is 0. The Morgan fingerprint density at radius 1 is 0.810 bits per heavy atom. The van der Waals surface area contributed by atoms with E-state index in [1.54, 1.807) is 0 Å². The second-order valence-corrected chi connectivity index (χ2v) is 8.77. The first-order valence-electron chi connectivity index (χ1n) is 7.45. The highest BCUT2D eigenvalue weighted by Gasteiger charge is 2.27. The molecule has 2 aromatic carbocycles. The first-order chi connectivity index (χ1) is 9.86. The first kappa shape index (κ1) is 16.8. The zero-order valence-corrected chi connectivity index (χ0v) is 14.7. The van der Waals surface area contributed by atoms with Crippen molar-refractivity contribution < 1.29 is 0 Å². The lowest BCUT2D eigenvalue weighted by atomic mass is 10.0. The molecule has 21 heavy (non-hydrogen) atoms. The van der Waals surface area contributed by atoms with Gasteiger partial charge in [0.25, 0.3) is 0 Å². The van der Waals surface area contributed by atoms with Crippen LogP contribution in [0.15, 0.2) is 59.1 Å². The molecule has 1 aliphatic rings. The van der Waals surface area contributed by atoms with Gasteiger partial charge in [-0.05, 0) is 43.1 Å². The maximum Gasteiger partial charge on any atom is 0.0255 e. The third-order valence-corrected chi connectivity index (χ3v) is 8.09. The molecule has 0 bridgehead atoms. The highest BCUT2D eigenvalue weighted by atomic mass is 79.9. The van der Waals surface area contributed by atoms with Gasteiger partial charge in [-0.2, -0.15) is 0 Å². The predicted molar refractivity (Wildman–Crippen MR) is 99.4 cm³/mol. The van der Waals surface area contributed by atoms with E-state index < -0.39 is 0 Å². The van der Waals surface area contributed by atoms with E-state index in [0.717, 1.165) is 5.66 Å². The molecule has 0 nitrogen and oxygen atoms in total. The lowest BCUT2D eigenvalue weighted by Crippen LogP contribution is -2.24. The Balaban J connectivity index is 0.00000161. The number of benzene rings is 2. The van der Waals surface area contributed by atoms with Gasteiger partial charge in [0.2, 0.25) is 0 Å². The topological polar surface area (TPSA) is 0 Å². The maximum absolute atomic E-state index is 3.78. The molecule has 3 radical (unpaired) electrons. The van der Waals surface area contributed by atoms with Crippen LogP contribution in [0.5, 0.6) is 0 Å². The summed E-state index contributed by atoms with van der Waals surface area (Å²) < 4.78 is 1.28. The minimum atomic E-state index is -0.237. The van der Waals surface area contributed by atoms with Crippen LogP contribution in [0, 0.1) is 0 Å². The normalized spacial score (nSPS) is 17.0. The number of hydrogen-bond donors (Lipinski definition) is 0. The molecule has 0 unspecified atom stereocenters. The van der Waals surface area contributed by atoms with Gasteiger partial charge in [-0.3, -0.25) is 0 Å². The van der Waals surface area contributed by atoms with Gasteiger partial charge in [0.1, 0.15) is 0 Å². The Labute approximate surface area is 139 Å². The largest absolute Gasteiger partial charge is 0.0622 e. The third kappa shape index (κ3) is 3.99. The van der Waals surface area contributed by atoms with E-state index in [1.165, 1.54) is 47.2 Å². The molecule has 3 rings (SSSR count). The van der Waals surface area contributed by atoms with Gasteiger partial charge in [0.05, 0.1) is 0 Å². The lowest BCUT2D eigenvalue weighted by molar-refractivity contribution is 0.513. The molecule has 1 atom stereocenters. The van der Waals surface area contributed by atoms with Crippen LogP contribution in [0.3, 0.4) is 0 Å². The molecule has 0 amide bonds. The van der Waals surface area contributed by atoms with Crippen LogP contribution in [0.1, 0.15) is 32.1 Å². The molecule has 1 fully saturated rings. The highest BCUT2D eigenvalue weighted by molar-refractivity contribution is 9.10. The first-order valence-corrected chi connectivity index (χ1v) is 9.65. The smallest absolute Gasteiger partial charge is 0.0255 e. The molecular weight excluding hydrogens is 338 g/mol. The van der Waals surface area contributed by atoms with Crippen LogP contribution in [0.25, 0.3) is 0 Å². The molecular formula is C18H20BBrP. The van der Waals surface area contributed by atoms with E-state index >= 15 is 0 Å².